The van der Waals surface area contributed by atoms with E-state index in [1.807, 2.05) is 44.2 Å². The Morgan fingerprint density at radius 1 is 1.07 bits per heavy atom. The minimum Gasteiger partial charge on any atom is -0.457 e. The quantitative estimate of drug-likeness (QED) is 0.494. The molecule has 1 heterocycles. The number of anilines is 1. The molecule has 2 amide bonds. The van der Waals surface area contributed by atoms with Crippen molar-refractivity contribution in [3.63, 3.8) is 0 Å². The first kappa shape index (κ1) is 19.1. The molecule has 2 aliphatic carbocycles. The summed E-state index contributed by atoms with van der Waals surface area (Å²) in [5.41, 5.74) is 2.32. The van der Waals surface area contributed by atoms with E-state index in [0.29, 0.717) is 17.4 Å². The Bertz CT molecular complexity index is 1070. The van der Waals surface area contributed by atoms with Gasteiger partial charge in [0.25, 0.3) is 0 Å². The van der Waals surface area contributed by atoms with Crippen LogP contribution < -0.4 is 9.64 Å². The summed E-state index contributed by atoms with van der Waals surface area (Å²) >= 11 is 0. The molecule has 2 fully saturated rings. The minimum atomic E-state index is -0.598. The van der Waals surface area contributed by atoms with E-state index in [9.17, 15) is 9.59 Å². The zero-order valence-electron chi connectivity index (χ0n) is 17.9. The molecule has 4 atom stereocenters. The minimum absolute atomic E-state index is 0.0613. The molecule has 2 bridgehead atoms. The number of imide groups is 1. The first-order chi connectivity index (χ1) is 14.3. The third-order valence-corrected chi connectivity index (χ3v) is 7.23. The highest BCUT2D eigenvalue weighted by atomic mass is 16.5. The van der Waals surface area contributed by atoms with Gasteiger partial charge in [-0.2, -0.15) is 0 Å². The number of hydrogen-bond acceptors (Lipinski definition) is 3. The smallest absolute Gasteiger partial charge is 0.241 e. The number of rotatable bonds is 4. The fourth-order valence-corrected chi connectivity index (χ4v) is 5.55. The highest BCUT2D eigenvalue weighted by Gasteiger charge is 2.67. The van der Waals surface area contributed by atoms with Crippen molar-refractivity contribution in [1.82, 2.24) is 0 Å². The Balaban J connectivity index is 1.41. The van der Waals surface area contributed by atoms with Gasteiger partial charge in [-0.15, -0.1) is 0 Å². The standard InChI is InChI=1S/C26H27NO3/c1-15(2)21-12-5-16(3)13-22(21)30-20-10-8-19(9-11-20)27-24(28)23-17-6-7-18(14-17)26(23,4)25(27)29/h5-13,15,17-18,23H,14H2,1-4H3/t17-,18-,23+,26-/m0/s1. The number of ether oxygens (including phenoxy) is 1. The van der Waals surface area contributed by atoms with Crippen LogP contribution in [0.5, 0.6) is 11.5 Å². The van der Waals surface area contributed by atoms with Crippen molar-refractivity contribution in [3.05, 3.63) is 65.7 Å². The van der Waals surface area contributed by atoms with E-state index in [4.69, 9.17) is 4.74 Å². The van der Waals surface area contributed by atoms with Gasteiger partial charge < -0.3 is 4.74 Å². The number of fused-ring (bicyclic) bond motifs is 5. The molecule has 3 aliphatic rings. The van der Waals surface area contributed by atoms with Crippen molar-refractivity contribution < 1.29 is 14.3 Å². The monoisotopic (exact) mass is 401 g/mol. The molecule has 2 aromatic carbocycles. The lowest BCUT2D eigenvalue weighted by molar-refractivity contribution is -0.127. The molecular weight excluding hydrogens is 374 g/mol. The number of nitrogens with zero attached hydrogens (tertiary/aromatic N) is 1. The SMILES string of the molecule is Cc1ccc(C(C)C)c(Oc2ccc(N3C(=O)[C@H]4[C@H]5C=C[C@@H](C5)[C@]4(C)C3=O)cc2)c1. The fraction of sp³-hybridized carbons (Fsp3) is 0.385. The highest BCUT2D eigenvalue weighted by Crippen LogP contribution is 2.60. The number of allylic oxidation sites excluding steroid dienone is 2. The van der Waals surface area contributed by atoms with Crippen LogP contribution in [0.3, 0.4) is 0 Å². The first-order valence-electron chi connectivity index (χ1n) is 10.8. The van der Waals surface area contributed by atoms with Crippen molar-refractivity contribution in [2.75, 3.05) is 4.90 Å². The molecular formula is C26H27NO3. The fourth-order valence-electron chi connectivity index (χ4n) is 5.55. The first-order valence-corrected chi connectivity index (χ1v) is 10.8. The molecule has 154 valence electrons. The second kappa shape index (κ2) is 6.56. The van der Waals surface area contributed by atoms with E-state index in [-0.39, 0.29) is 29.6 Å². The largest absolute Gasteiger partial charge is 0.457 e. The molecule has 0 N–H and O–H groups in total. The van der Waals surface area contributed by atoms with Crippen LogP contribution in [0, 0.1) is 30.1 Å². The van der Waals surface area contributed by atoms with E-state index < -0.39 is 5.41 Å². The average Bonchev–Trinajstić information content (AvgIpc) is 3.34. The molecule has 0 spiro atoms. The lowest BCUT2D eigenvalue weighted by atomic mass is 9.71. The molecule has 2 aromatic rings. The van der Waals surface area contributed by atoms with Gasteiger partial charge in [0.2, 0.25) is 11.8 Å². The topological polar surface area (TPSA) is 46.6 Å². The van der Waals surface area contributed by atoms with Crippen LogP contribution in [-0.2, 0) is 9.59 Å². The van der Waals surface area contributed by atoms with Crippen molar-refractivity contribution in [1.29, 1.82) is 0 Å². The molecule has 30 heavy (non-hydrogen) atoms. The van der Waals surface area contributed by atoms with Gasteiger partial charge in [0.05, 0.1) is 17.0 Å². The van der Waals surface area contributed by atoms with Crippen molar-refractivity contribution in [2.45, 2.75) is 40.0 Å². The second-order valence-corrected chi connectivity index (χ2v) is 9.42. The van der Waals surface area contributed by atoms with Crippen LogP contribution in [0.15, 0.2) is 54.6 Å². The van der Waals surface area contributed by atoms with Gasteiger partial charge in [0.1, 0.15) is 11.5 Å². The van der Waals surface area contributed by atoms with Crippen molar-refractivity contribution in [2.24, 2.45) is 23.2 Å². The van der Waals surface area contributed by atoms with Crippen LogP contribution in [0.25, 0.3) is 0 Å². The van der Waals surface area contributed by atoms with Crippen molar-refractivity contribution in [3.8, 4) is 11.5 Å². The third kappa shape index (κ3) is 2.59. The van der Waals surface area contributed by atoms with Gasteiger partial charge in [0, 0.05) is 0 Å². The predicted molar refractivity (Wildman–Crippen MR) is 117 cm³/mol. The molecule has 1 saturated heterocycles. The predicted octanol–water partition coefficient (Wildman–Crippen LogP) is 5.61. The third-order valence-electron chi connectivity index (χ3n) is 7.23. The zero-order chi connectivity index (χ0) is 21.2. The summed E-state index contributed by atoms with van der Waals surface area (Å²) in [5.74, 6) is 1.90. The summed E-state index contributed by atoms with van der Waals surface area (Å²) in [6.45, 7) is 8.30. The zero-order valence-corrected chi connectivity index (χ0v) is 17.9. The Morgan fingerprint density at radius 3 is 2.47 bits per heavy atom. The Kier molecular flexibility index (Phi) is 4.18. The van der Waals surface area contributed by atoms with Gasteiger partial charge >= 0.3 is 0 Å². The maximum atomic E-state index is 13.3. The number of carbonyl (C=O) groups excluding carboxylic acids is 2. The molecule has 0 aromatic heterocycles. The summed E-state index contributed by atoms with van der Waals surface area (Å²) in [6, 6.07) is 13.5. The lowest BCUT2D eigenvalue weighted by Gasteiger charge is -2.28. The Labute approximate surface area is 177 Å². The summed E-state index contributed by atoms with van der Waals surface area (Å²) in [7, 11) is 0. The van der Waals surface area contributed by atoms with E-state index in [1.54, 1.807) is 0 Å². The van der Waals surface area contributed by atoms with E-state index in [2.05, 4.69) is 38.1 Å². The summed E-state index contributed by atoms with van der Waals surface area (Å²) in [6.07, 6.45) is 5.17. The normalized spacial score (nSPS) is 29.2. The van der Waals surface area contributed by atoms with Gasteiger partial charge in [-0.25, -0.2) is 4.90 Å². The van der Waals surface area contributed by atoms with Gasteiger partial charge in [-0.3, -0.25) is 9.59 Å². The molecule has 1 saturated carbocycles. The maximum Gasteiger partial charge on any atom is 0.241 e. The maximum absolute atomic E-state index is 13.3. The second-order valence-electron chi connectivity index (χ2n) is 9.42. The van der Waals surface area contributed by atoms with Gasteiger partial charge in [-0.1, -0.05) is 38.1 Å². The highest BCUT2D eigenvalue weighted by molar-refractivity contribution is 6.24. The van der Waals surface area contributed by atoms with Gasteiger partial charge in [-0.05, 0) is 79.5 Å². The average molecular weight is 402 g/mol. The molecule has 0 unspecified atom stereocenters. The summed E-state index contributed by atoms with van der Waals surface area (Å²) in [4.78, 5) is 27.8. The van der Waals surface area contributed by atoms with Crippen LogP contribution in [-0.4, -0.2) is 11.8 Å². The molecule has 1 aliphatic heterocycles. The number of aryl methyl sites for hydroxylation is 1. The van der Waals surface area contributed by atoms with E-state index >= 15 is 0 Å². The van der Waals surface area contributed by atoms with E-state index in [1.165, 1.54) is 4.90 Å². The summed E-state index contributed by atoms with van der Waals surface area (Å²) in [5, 5.41) is 0. The van der Waals surface area contributed by atoms with Crippen LogP contribution in [0.1, 0.15) is 44.2 Å². The number of carbonyl (C=O) groups is 2. The van der Waals surface area contributed by atoms with Crippen LogP contribution in [0.4, 0.5) is 5.69 Å². The number of hydrogen-bond donors (Lipinski definition) is 0. The van der Waals surface area contributed by atoms with E-state index in [0.717, 1.165) is 23.3 Å². The van der Waals surface area contributed by atoms with Gasteiger partial charge in [0.15, 0.2) is 0 Å². The van der Waals surface area contributed by atoms with Crippen LogP contribution in [0.2, 0.25) is 0 Å². The van der Waals surface area contributed by atoms with Crippen molar-refractivity contribution >= 4 is 17.5 Å². The Morgan fingerprint density at radius 2 is 1.80 bits per heavy atom. The number of amides is 2. The summed E-state index contributed by atoms with van der Waals surface area (Å²) < 4.78 is 6.16. The lowest BCUT2D eigenvalue weighted by Crippen LogP contribution is -2.37. The number of benzene rings is 2. The van der Waals surface area contributed by atoms with Crippen LogP contribution >= 0.6 is 0 Å². The molecule has 5 rings (SSSR count). The molecule has 4 heteroatoms. The molecule has 0 radical (unpaired) electrons. The Hall–Kier alpha value is -2.88. The molecule has 4 nitrogen and oxygen atoms in total.